The largest absolute Gasteiger partial charge is 0.350 e. The molecule has 1 amide bonds. The minimum atomic E-state index is -0.0120. The van der Waals surface area contributed by atoms with Crippen molar-refractivity contribution in [2.75, 3.05) is 0 Å². The fraction of sp³-hybridized carbons (Fsp3) is 0.407. The lowest BCUT2D eigenvalue weighted by Crippen LogP contribution is -2.31. The van der Waals surface area contributed by atoms with Gasteiger partial charge in [0.15, 0.2) is 0 Å². The second-order valence-corrected chi connectivity index (χ2v) is 9.48. The van der Waals surface area contributed by atoms with Crippen LogP contribution < -0.4 is 5.32 Å². The van der Waals surface area contributed by atoms with Gasteiger partial charge in [-0.3, -0.25) is 9.78 Å². The molecule has 0 saturated heterocycles. The molecule has 0 aliphatic carbocycles. The van der Waals surface area contributed by atoms with Crippen molar-refractivity contribution in [1.29, 1.82) is 0 Å². The molecule has 3 rings (SSSR count). The third-order valence-electron chi connectivity index (χ3n) is 5.61. The van der Waals surface area contributed by atoms with Crippen molar-refractivity contribution < 1.29 is 4.79 Å². The molecular weight excluding hydrogens is 400 g/mol. The van der Waals surface area contributed by atoms with Crippen molar-refractivity contribution in [3.8, 4) is 0 Å². The Bertz CT molecular complexity index is 1010. The first-order valence-electron chi connectivity index (χ1n) is 11.5. The number of thiophene rings is 1. The SMILES string of the molecule is CCCCCc1c(C=CC(=O)N[C@H](C)CCCc2cccnc2)sc2cc(C)ccc12. The summed E-state index contributed by atoms with van der Waals surface area (Å²) in [7, 11) is 0. The van der Waals surface area contributed by atoms with Gasteiger partial charge in [0.25, 0.3) is 0 Å². The van der Waals surface area contributed by atoms with E-state index < -0.39 is 0 Å². The second kappa shape index (κ2) is 11.8. The Hall–Kier alpha value is -2.46. The first-order valence-corrected chi connectivity index (χ1v) is 12.3. The van der Waals surface area contributed by atoms with Crippen LogP contribution in [-0.4, -0.2) is 16.9 Å². The number of hydrogen-bond donors (Lipinski definition) is 1. The number of aromatic nitrogens is 1. The van der Waals surface area contributed by atoms with Gasteiger partial charge in [0.1, 0.15) is 0 Å². The molecule has 1 N–H and O–H groups in total. The average Bonchev–Trinajstić information content (AvgIpc) is 3.09. The van der Waals surface area contributed by atoms with E-state index in [1.165, 1.54) is 50.9 Å². The molecule has 0 unspecified atom stereocenters. The van der Waals surface area contributed by atoms with E-state index in [1.807, 2.05) is 18.3 Å². The Morgan fingerprint density at radius 2 is 2.06 bits per heavy atom. The summed E-state index contributed by atoms with van der Waals surface area (Å²) in [6.45, 7) is 6.44. The summed E-state index contributed by atoms with van der Waals surface area (Å²) >= 11 is 1.80. The van der Waals surface area contributed by atoms with Gasteiger partial charge < -0.3 is 5.32 Å². The zero-order valence-corrected chi connectivity index (χ0v) is 19.8. The molecule has 3 aromatic rings. The number of fused-ring (bicyclic) bond motifs is 1. The van der Waals surface area contributed by atoms with Crippen molar-refractivity contribution in [1.82, 2.24) is 10.3 Å². The molecule has 0 saturated carbocycles. The van der Waals surface area contributed by atoms with E-state index in [4.69, 9.17) is 0 Å². The molecule has 0 radical (unpaired) electrons. The Balaban J connectivity index is 1.59. The predicted molar refractivity (Wildman–Crippen MR) is 134 cm³/mol. The quantitative estimate of drug-likeness (QED) is 0.264. The predicted octanol–water partition coefficient (Wildman–Crippen LogP) is 6.88. The summed E-state index contributed by atoms with van der Waals surface area (Å²) in [6, 6.07) is 10.9. The fourth-order valence-corrected chi connectivity index (χ4v) is 5.15. The summed E-state index contributed by atoms with van der Waals surface area (Å²) in [5.74, 6) is -0.0120. The lowest BCUT2D eigenvalue weighted by atomic mass is 10.0. The summed E-state index contributed by atoms with van der Waals surface area (Å²) in [6.07, 6.45) is 15.1. The van der Waals surface area contributed by atoms with Gasteiger partial charge in [-0.05, 0) is 86.2 Å². The number of rotatable bonds is 11. The molecule has 0 aliphatic heterocycles. The molecule has 0 spiro atoms. The van der Waals surface area contributed by atoms with Crippen LogP contribution in [0, 0.1) is 6.92 Å². The van der Waals surface area contributed by atoms with Gasteiger partial charge in [-0.25, -0.2) is 0 Å². The molecule has 4 heteroatoms. The maximum atomic E-state index is 12.5. The highest BCUT2D eigenvalue weighted by Crippen LogP contribution is 2.34. The molecule has 2 heterocycles. The van der Waals surface area contributed by atoms with Crippen molar-refractivity contribution in [3.63, 3.8) is 0 Å². The van der Waals surface area contributed by atoms with Crippen LogP contribution in [0.2, 0.25) is 0 Å². The fourth-order valence-electron chi connectivity index (χ4n) is 3.89. The first kappa shape index (κ1) is 23.2. The molecule has 0 bridgehead atoms. The molecule has 31 heavy (non-hydrogen) atoms. The van der Waals surface area contributed by atoms with Crippen LogP contribution in [0.25, 0.3) is 16.2 Å². The number of carbonyl (C=O) groups is 1. The van der Waals surface area contributed by atoms with E-state index in [0.717, 1.165) is 25.7 Å². The molecular formula is C27H34N2OS. The van der Waals surface area contributed by atoms with Crippen LogP contribution in [0.4, 0.5) is 0 Å². The number of pyridine rings is 1. The monoisotopic (exact) mass is 434 g/mol. The highest BCUT2D eigenvalue weighted by molar-refractivity contribution is 7.20. The molecule has 164 valence electrons. The summed E-state index contributed by atoms with van der Waals surface area (Å²) in [5, 5.41) is 4.46. The maximum absolute atomic E-state index is 12.5. The van der Waals surface area contributed by atoms with E-state index in [1.54, 1.807) is 23.6 Å². The molecule has 2 aromatic heterocycles. The van der Waals surface area contributed by atoms with E-state index in [9.17, 15) is 4.79 Å². The van der Waals surface area contributed by atoms with Gasteiger partial charge in [0.05, 0.1) is 0 Å². The molecule has 1 atom stereocenters. The highest BCUT2D eigenvalue weighted by atomic mass is 32.1. The van der Waals surface area contributed by atoms with E-state index in [-0.39, 0.29) is 11.9 Å². The Morgan fingerprint density at radius 1 is 1.19 bits per heavy atom. The number of nitrogens with zero attached hydrogens (tertiary/aromatic N) is 1. The Morgan fingerprint density at radius 3 is 2.84 bits per heavy atom. The molecule has 1 aromatic carbocycles. The normalized spacial score (nSPS) is 12.5. The van der Waals surface area contributed by atoms with Crippen molar-refractivity contribution in [3.05, 3.63) is 70.4 Å². The van der Waals surface area contributed by atoms with Crippen molar-refractivity contribution in [2.45, 2.75) is 71.8 Å². The van der Waals surface area contributed by atoms with Gasteiger partial charge in [-0.15, -0.1) is 11.3 Å². The van der Waals surface area contributed by atoms with Crippen LogP contribution >= 0.6 is 11.3 Å². The minimum Gasteiger partial charge on any atom is -0.350 e. The van der Waals surface area contributed by atoms with Gasteiger partial charge in [-0.1, -0.05) is 38.0 Å². The van der Waals surface area contributed by atoms with Crippen molar-refractivity contribution in [2.24, 2.45) is 0 Å². The van der Waals surface area contributed by atoms with E-state index in [0.29, 0.717) is 0 Å². The number of carbonyl (C=O) groups excluding carboxylic acids is 1. The molecule has 3 nitrogen and oxygen atoms in total. The maximum Gasteiger partial charge on any atom is 0.244 e. The summed E-state index contributed by atoms with van der Waals surface area (Å²) < 4.78 is 1.32. The first-order chi connectivity index (χ1) is 15.1. The number of aryl methyl sites for hydroxylation is 3. The lowest BCUT2D eigenvalue weighted by molar-refractivity contribution is -0.117. The van der Waals surface area contributed by atoms with Crippen LogP contribution in [0.3, 0.4) is 0 Å². The van der Waals surface area contributed by atoms with Crippen LogP contribution in [0.15, 0.2) is 48.8 Å². The van der Waals surface area contributed by atoms with Crippen molar-refractivity contribution >= 4 is 33.4 Å². The van der Waals surface area contributed by atoms with E-state index in [2.05, 4.69) is 55.3 Å². The Kier molecular flexibility index (Phi) is 8.84. The zero-order chi connectivity index (χ0) is 22.1. The van der Waals surface area contributed by atoms with Gasteiger partial charge in [-0.2, -0.15) is 0 Å². The second-order valence-electron chi connectivity index (χ2n) is 8.40. The third kappa shape index (κ3) is 7.03. The topological polar surface area (TPSA) is 42.0 Å². The standard InChI is InChI=1S/C27H34N2OS/c1-4-5-6-12-23-24-14-13-20(2)18-26(24)31-25(23)15-16-27(30)29-21(3)9-7-10-22-11-8-17-28-19-22/h8,11,13-19,21H,4-7,9-10,12H2,1-3H3,(H,29,30)/t21-/m1/s1. The van der Waals surface area contributed by atoms with Gasteiger partial charge in [0, 0.05) is 34.1 Å². The van der Waals surface area contributed by atoms with Crippen LogP contribution in [0.5, 0.6) is 0 Å². The average molecular weight is 435 g/mol. The summed E-state index contributed by atoms with van der Waals surface area (Å²) in [4.78, 5) is 17.9. The molecule has 0 fully saturated rings. The summed E-state index contributed by atoms with van der Waals surface area (Å²) in [5.41, 5.74) is 3.92. The third-order valence-corrected chi connectivity index (χ3v) is 6.77. The van der Waals surface area contributed by atoms with E-state index >= 15 is 0 Å². The number of benzene rings is 1. The van der Waals surface area contributed by atoms with Crippen LogP contribution in [0.1, 0.15) is 67.5 Å². The number of hydrogen-bond acceptors (Lipinski definition) is 3. The van der Waals surface area contributed by atoms with Gasteiger partial charge >= 0.3 is 0 Å². The lowest BCUT2D eigenvalue weighted by Gasteiger charge is -2.12. The number of amides is 1. The highest BCUT2D eigenvalue weighted by Gasteiger charge is 2.11. The zero-order valence-electron chi connectivity index (χ0n) is 19.0. The smallest absolute Gasteiger partial charge is 0.244 e. The number of nitrogens with one attached hydrogen (secondary N) is 1. The van der Waals surface area contributed by atoms with Crippen LogP contribution in [-0.2, 0) is 17.6 Å². The molecule has 0 aliphatic rings. The van der Waals surface area contributed by atoms with Gasteiger partial charge in [0.2, 0.25) is 5.91 Å². The minimum absolute atomic E-state index is 0.0120. The Labute approximate surface area is 190 Å². The number of unbranched alkanes of at least 4 members (excludes halogenated alkanes) is 2.